The van der Waals surface area contributed by atoms with Crippen LogP contribution in [-0.2, 0) is 12.8 Å². The number of aromatic nitrogens is 3. The third-order valence-electron chi connectivity index (χ3n) is 4.25. The maximum absolute atomic E-state index is 4.63. The van der Waals surface area contributed by atoms with Gasteiger partial charge in [0.2, 0.25) is 5.95 Å². The first kappa shape index (κ1) is 14.6. The van der Waals surface area contributed by atoms with Crippen LogP contribution in [0, 0.1) is 0 Å². The molecule has 2 heterocycles. The van der Waals surface area contributed by atoms with Crippen LogP contribution in [0.5, 0.6) is 0 Å². The first-order valence-corrected chi connectivity index (χ1v) is 8.23. The summed E-state index contributed by atoms with van der Waals surface area (Å²) < 4.78 is 0. The van der Waals surface area contributed by atoms with E-state index in [9.17, 15) is 0 Å². The molecular formula is C19H19N5. The molecule has 1 N–H and O–H groups in total. The van der Waals surface area contributed by atoms with Crippen molar-refractivity contribution in [3.05, 3.63) is 71.9 Å². The Bertz CT molecular complexity index is 819. The number of nitrogens with zero attached hydrogens (tertiary/aromatic N) is 4. The molecule has 0 spiro atoms. The lowest BCUT2D eigenvalue weighted by Gasteiger charge is -2.18. The number of nitrogens with one attached hydrogen (secondary N) is 1. The zero-order valence-corrected chi connectivity index (χ0v) is 13.4. The molecule has 0 saturated heterocycles. The SMILES string of the molecule is c1ccc(CCNc2nncc(N3CCc4ccccc43)n2)cc1. The van der Waals surface area contributed by atoms with E-state index in [1.807, 2.05) is 6.07 Å². The number of hydrogen-bond donors (Lipinski definition) is 1. The Morgan fingerprint density at radius 3 is 2.75 bits per heavy atom. The van der Waals surface area contributed by atoms with Crippen LogP contribution in [0.3, 0.4) is 0 Å². The lowest BCUT2D eigenvalue weighted by Crippen LogP contribution is -2.17. The molecule has 0 atom stereocenters. The van der Waals surface area contributed by atoms with Crippen molar-refractivity contribution in [2.45, 2.75) is 12.8 Å². The van der Waals surface area contributed by atoms with Gasteiger partial charge < -0.3 is 10.2 Å². The molecule has 0 amide bonds. The summed E-state index contributed by atoms with van der Waals surface area (Å²) in [5.41, 5.74) is 3.87. The first-order valence-electron chi connectivity index (χ1n) is 8.23. The van der Waals surface area contributed by atoms with Gasteiger partial charge in [0.15, 0.2) is 5.82 Å². The van der Waals surface area contributed by atoms with E-state index in [0.717, 1.165) is 31.7 Å². The third-order valence-corrected chi connectivity index (χ3v) is 4.25. The molecule has 24 heavy (non-hydrogen) atoms. The van der Waals surface area contributed by atoms with Gasteiger partial charge in [-0.05, 0) is 30.0 Å². The average molecular weight is 317 g/mol. The zero-order chi connectivity index (χ0) is 16.2. The van der Waals surface area contributed by atoms with E-state index in [2.05, 4.69) is 73.9 Å². The molecule has 5 nitrogen and oxygen atoms in total. The minimum atomic E-state index is 0.577. The lowest BCUT2D eigenvalue weighted by molar-refractivity contribution is 0.896. The summed E-state index contributed by atoms with van der Waals surface area (Å²) in [5, 5.41) is 11.5. The Balaban J connectivity index is 1.45. The third kappa shape index (κ3) is 3.06. The van der Waals surface area contributed by atoms with Crippen molar-refractivity contribution < 1.29 is 0 Å². The second kappa shape index (κ2) is 6.66. The van der Waals surface area contributed by atoms with Gasteiger partial charge in [0.05, 0.1) is 6.20 Å². The van der Waals surface area contributed by atoms with Crippen molar-refractivity contribution in [3.63, 3.8) is 0 Å². The molecule has 1 aromatic heterocycles. The Labute approximate surface area is 141 Å². The molecule has 3 aromatic rings. The van der Waals surface area contributed by atoms with Crippen molar-refractivity contribution in [2.24, 2.45) is 0 Å². The molecule has 4 rings (SSSR count). The molecule has 0 bridgehead atoms. The van der Waals surface area contributed by atoms with Gasteiger partial charge in [-0.25, -0.2) is 0 Å². The Morgan fingerprint density at radius 1 is 1.00 bits per heavy atom. The van der Waals surface area contributed by atoms with Gasteiger partial charge in [-0.2, -0.15) is 10.1 Å². The molecule has 0 unspecified atom stereocenters. The highest BCUT2D eigenvalue weighted by Crippen LogP contribution is 2.32. The monoisotopic (exact) mass is 317 g/mol. The van der Waals surface area contributed by atoms with Crippen molar-refractivity contribution in [1.29, 1.82) is 0 Å². The van der Waals surface area contributed by atoms with Crippen molar-refractivity contribution >= 4 is 17.5 Å². The van der Waals surface area contributed by atoms with Gasteiger partial charge in [-0.3, -0.25) is 0 Å². The molecule has 0 radical (unpaired) electrons. The summed E-state index contributed by atoms with van der Waals surface area (Å²) in [5.74, 6) is 1.42. The quantitative estimate of drug-likeness (QED) is 0.783. The first-order chi connectivity index (χ1) is 11.9. The maximum atomic E-state index is 4.63. The topological polar surface area (TPSA) is 53.9 Å². The fourth-order valence-electron chi connectivity index (χ4n) is 3.04. The van der Waals surface area contributed by atoms with Crippen LogP contribution in [0.25, 0.3) is 0 Å². The molecule has 120 valence electrons. The number of benzene rings is 2. The predicted octanol–water partition coefficient (Wildman–Crippen LogP) is 3.22. The minimum absolute atomic E-state index is 0.577. The molecule has 0 aliphatic carbocycles. The fraction of sp³-hybridized carbons (Fsp3) is 0.211. The second-order valence-electron chi connectivity index (χ2n) is 5.83. The van der Waals surface area contributed by atoms with Crippen LogP contribution in [0.2, 0.25) is 0 Å². The normalized spacial score (nSPS) is 12.9. The number of anilines is 3. The van der Waals surface area contributed by atoms with Crippen LogP contribution in [0.4, 0.5) is 17.5 Å². The van der Waals surface area contributed by atoms with Crippen LogP contribution >= 0.6 is 0 Å². The second-order valence-corrected chi connectivity index (χ2v) is 5.83. The summed E-state index contributed by atoms with van der Waals surface area (Å²) in [7, 11) is 0. The summed E-state index contributed by atoms with van der Waals surface area (Å²) in [4.78, 5) is 6.83. The minimum Gasteiger partial charge on any atom is -0.353 e. The van der Waals surface area contributed by atoms with E-state index in [0.29, 0.717) is 5.95 Å². The molecule has 1 aliphatic heterocycles. The van der Waals surface area contributed by atoms with E-state index in [-0.39, 0.29) is 0 Å². The predicted molar refractivity (Wildman–Crippen MR) is 95.6 cm³/mol. The van der Waals surface area contributed by atoms with Gasteiger partial charge in [0.25, 0.3) is 0 Å². The number of hydrogen-bond acceptors (Lipinski definition) is 5. The molecular weight excluding hydrogens is 298 g/mol. The highest BCUT2D eigenvalue weighted by molar-refractivity contribution is 5.67. The van der Waals surface area contributed by atoms with Crippen LogP contribution in [0.1, 0.15) is 11.1 Å². The Hall–Kier alpha value is -2.95. The summed E-state index contributed by atoms with van der Waals surface area (Å²) in [6.45, 7) is 1.72. The van der Waals surface area contributed by atoms with E-state index < -0.39 is 0 Å². The van der Waals surface area contributed by atoms with Gasteiger partial charge in [-0.15, -0.1) is 5.10 Å². The molecule has 1 aliphatic rings. The van der Waals surface area contributed by atoms with Crippen LogP contribution in [-0.4, -0.2) is 28.3 Å². The molecule has 0 saturated carbocycles. The van der Waals surface area contributed by atoms with Gasteiger partial charge in [0, 0.05) is 18.8 Å². The largest absolute Gasteiger partial charge is 0.353 e. The molecule has 2 aromatic carbocycles. The molecule has 0 fully saturated rings. The Kier molecular flexibility index (Phi) is 4.06. The Morgan fingerprint density at radius 2 is 1.83 bits per heavy atom. The summed E-state index contributed by atoms with van der Waals surface area (Å²) in [6, 6.07) is 18.8. The number of fused-ring (bicyclic) bond motifs is 1. The zero-order valence-electron chi connectivity index (χ0n) is 13.4. The van der Waals surface area contributed by atoms with Crippen molar-refractivity contribution in [1.82, 2.24) is 15.2 Å². The number of rotatable bonds is 5. The molecule has 5 heteroatoms. The smallest absolute Gasteiger partial charge is 0.244 e. The standard InChI is InChI=1S/C19H19N5/c1-2-6-15(7-3-1)10-12-20-19-22-18(14-21-23-19)24-13-11-16-8-4-5-9-17(16)24/h1-9,14H,10-13H2,(H,20,22,23). The average Bonchev–Trinajstić information content (AvgIpc) is 3.07. The van der Waals surface area contributed by atoms with Gasteiger partial charge in [0.1, 0.15) is 0 Å². The van der Waals surface area contributed by atoms with E-state index in [1.165, 1.54) is 16.8 Å². The van der Waals surface area contributed by atoms with Crippen LogP contribution in [0.15, 0.2) is 60.8 Å². The highest BCUT2D eigenvalue weighted by Gasteiger charge is 2.21. The van der Waals surface area contributed by atoms with Crippen molar-refractivity contribution in [3.8, 4) is 0 Å². The van der Waals surface area contributed by atoms with Gasteiger partial charge >= 0.3 is 0 Å². The summed E-state index contributed by atoms with van der Waals surface area (Å²) >= 11 is 0. The lowest BCUT2D eigenvalue weighted by atomic mass is 10.1. The van der Waals surface area contributed by atoms with Crippen LogP contribution < -0.4 is 10.2 Å². The number of para-hydroxylation sites is 1. The fourth-order valence-corrected chi connectivity index (χ4v) is 3.04. The highest BCUT2D eigenvalue weighted by atomic mass is 15.3. The van der Waals surface area contributed by atoms with E-state index in [4.69, 9.17) is 0 Å². The summed E-state index contributed by atoms with van der Waals surface area (Å²) in [6.07, 6.45) is 3.70. The van der Waals surface area contributed by atoms with Crippen molar-refractivity contribution in [2.75, 3.05) is 23.3 Å². The van der Waals surface area contributed by atoms with Gasteiger partial charge in [-0.1, -0.05) is 48.5 Å². The maximum Gasteiger partial charge on any atom is 0.244 e. The van der Waals surface area contributed by atoms with E-state index >= 15 is 0 Å². The van der Waals surface area contributed by atoms with E-state index in [1.54, 1.807) is 6.20 Å².